The second kappa shape index (κ2) is 8.45. The molecule has 0 saturated carbocycles. The summed E-state index contributed by atoms with van der Waals surface area (Å²) in [5.74, 6) is 0. The van der Waals surface area contributed by atoms with Crippen LogP contribution in [0.25, 0.3) is 0 Å². The predicted octanol–water partition coefficient (Wildman–Crippen LogP) is 4.50. The van der Waals surface area contributed by atoms with E-state index in [2.05, 4.69) is 67.6 Å². The average molecular weight is 323 g/mol. The monoisotopic (exact) mass is 322 g/mol. The maximum absolute atomic E-state index is 2.27. The van der Waals surface area contributed by atoms with E-state index in [1.807, 2.05) is 0 Å². The standard InChI is InChI=1S/C16H19P.BrH/c1-2-3-14-17(15-10-6-4-7-11-15)16-12-8-5-9-13-16;/h4-13H,2-3,14H2,1H3;1H. The summed E-state index contributed by atoms with van der Waals surface area (Å²) in [4.78, 5) is 0. The Morgan fingerprint density at radius 1 is 0.778 bits per heavy atom. The quantitative estimate of drug-likeness (QED) is 0.711. The van der Waals surface area contributed by atoms with Gasteiger partial charge in [0.1, 0.15) is 0 Å². The SMILES string of the molecule is Br.CCCCP(c1ccccc1)c1ccccc1. The van der Waals surface area contributed by atoms with Crippen LogP contribution in [0.5, 0.6) is 0 Å². The molecule has 0 spiro atoms. The Hall–Kier alpha value is -0.650. The van der Waals surface area contributed by atoms with Gasteiger partial charge in [-0.2, -0.15) is 0 Å². The summed E-state index contributed by atoms with van der Waals surface area (Å²) < 4.78 is 0. The Bertz CT molecular complexity index is 388. The van der Waals surface area contributed by atoms with Crippen LogP contribution in [0.15, 0.2) is 60.7 Å². The number of rotatable bonds is 5. The molecule has 2 rings (SSSR count). The largest absolute Gasteiger partial charge is 0.114 e. The van der Waals surface area contributed by atoms with Gasteiger partial charge in [0, 0.05) is 0 Å². The van der Waals surface area contributed by atoms with Crippen LogP contribution in [0.1, 0.15) is 19.8 Å². The topological polar surface area (TPSA) is 0 Å². The van der Waals surface area contributed by atoms with Crippen molar-refractivity contribution in [2.75, 3.05) is 6.16 Å². The van der Waals surface area contributed by atoms with Crippen molar-refractivity contribution in [3.05, 3.63) is 60.7 Å². The maximum atomic E-state index is 2.27. The van der Waals surface area contributed by atoms with Crippen LogP contribution in [0, 0.1) is 0 Å². The van der Waals surface area contributed by atoms with Crippen molar-refractivity contribution in [3.63, 3.8) is 0 Å². The van der Waals surface area contributed by atoms with Crippen molar-refractivity contribution in [2.45, 2.75) is 19.8 Å². The fourth-order valence-corrected chi connectivity index (χ4v) is 4.45. The highest BCUT2D eigenvalue weighted by molar-refractivity contribution is 8.93. The van der Waals surface area contributed by atoms with Gasteiger partial charge < -0.3 is 0 Å². The minimum absolute atomic E-state index is 0. The lowest BCUT2D eigenvalue weighted by atomic mass is 10.4. The number of halogens is 1. The molecular weight excluding hydrogens is 303 g/mol. The molecule has 96 valence electrons. The zero-order chi connectivity index (χ0) is 11.9. The Balaban J connectivity index is 0.00000162. The molecule has 0 N–H and O–H groups in total. The second-order valence-corrected chi connectivity index (χ2v) is 6.51. The molecule has 0 aliphatic rings. The van der Waals surface area contributed by atoms with E-state index in [9.17, 15) is 0 Å². The molecule has 2 aromatic rings. The van der Waals surface area contributed by atoms with Crippen LogP contribution in [0.4, 0.5) is 0 Å². The van der Waals surface area contributed by atoms with Crippen LogP contribution in [0.3, 0.4) is 0 Å². The molecule has 2 heteroatoms. The van der Waals surface area contributed by atoms with E-state index in [-0.39, 0.29) is 24.9 Å². The van der Waals surface area contributed by atoms with Crippen molar-refractivity contribution < 1.29 is 0 Å². The second-order valence-electron chi connectivity index (χ2n) is 4.18. The van der Waals surface area contributed by atoms with Gasteiger partial charge in [0.25, 0.3) is 0 Å². The normalized spacial score (nSPS) is 10.1. The summed E-state index contributed by atoms with van der Waals surface area (Å²) >= 11 is 0. The fourth-order valence-electron chi connectivity index (χ4n) is 1.94. The van der Waals surface area contributed by atoms with E-state index in [0.717, 1.165) is 0 Å². The molecule has 0 nitrogen and oxygen atoms in total. The first-order chi connectivity index (χ1) is 8.42. The van der Waals surface area contributed by atoms with Crippen LogP contribution in [-0.4, -0.2) is 6.16 Å². The molecule has 0 saturated heterocycles. The highest BCUT2D eigenvalue weighted by Crippen LogP contribution is 2.34. The molecule has 2 aromatic carbocycles. The van der Waals surface area contributed by atoms with E-state index in [1.54, 1.807) is 0 Å². The molecule has 0 radical (unpaired) electrons. The third kappa shape index (κ3) is 4.23. The van der Waals surface area contributed by atoms with Crippen molar-refractivity contribution in [1.82, 2.24) is 0 Å². The smallest absolute Gasteiger partial charge is 0.0195 e. The lowest BCUT2D eigenvalue weighted by molar-refractivity contribution is 0.894. The van der Waals surface area contributed by atoms with Gasteiger partial charge in [-0.1, -0.05) is 74.0 Å². The third-order valence-corrected chi connectivity index (χ3v) is 5.48. The number of benzene rings is 2. The summed E-state index contributed by atoms with van der Waals surface area (Å²) in [5, 5.41) is 3.00. The zero-order valence-corrected chi connectivity index (χ0v) is 13.4. The number of unbranched alkanes of at least 4 members (excludes halogenated alkanes) is 1. The van der Waals surface area contributed by atoms with E-state index in [0.29, 0.717) is 0 Å². The minimum Gasteiger partial charge on any atom is -0.114 e. The molecule has 0 unspecified atom stereocenters. The molecule has 0 aliphatic carbocycles. The molecule has 0 atom stereocenters. The van der Waals surface area contributed by atoms with Crippen LogP contribution >= 0.6 is 24.9 Å². The van der Waals surface area contributed by atoms with Gasteiger partial charge in [-0.3, -0.25) is 0 Å². The first-order valence-electron chi connectivity index (χ1n) is 6.29. The Morgan fingerprint density at radius 3 is 1.61 bits per heavy atom. The predicted molar refractivity (Wildman–Crippen MR) is 89.2 cm³/mol. The number of hydrogen-bond donors (Lipinski definition) is 0. The summed E-state index contributed by atoms with van der Waals surface area (Å²) in [5.41, 5.74) is 0. The molecule has 18 heavy (non-hydrogen) atoms. The van der Waals surface area contributed by atoms with Gasteiger partial charge in [0.15, 0.2) is 0 Å². The van der Waals surface area contributed by atoms with Gasteiger partial charge in [0.05, 0.1) is 0 Å². The molecule has 0 heterocycles. The van der Waals surface area contributed by atoms with Crippen molar-refractivity contribution in [3.8, 4) is 0 Å². The van der Waals surface area contributed by atoms with Gasteiger partial charge in [-0.15, -0.1) is 17.0 Å². The maximum Gasteiger partial charge on any atom is -0.0195 e. The zero-order valence-electron chi connectivity index (χ0n) is 10.8. The molecule has 0 fully saturated rings. The first kappa shape index (κ1) is 15.4. The van der Waals surface area contributed by atoms with Crippen molar-refractivity contribution in [2.24, 2.45) is 0 Å². The van der Waals surface area contributed by atoms with Gasteiger partial charge in [-0.25, -0.2) is 0 Å². The summed E-state index contributed by atoms with van der Waals surface area (Å²) in [6.45, 7) is 2.27. The Kier molecular flexibility index (Phi) is 7.23. The summed E-state index contributed by atoms with van der Waals surface area (Å²) in [6.07, 6.45) is 3.90. The lowest BCUT2D eigenvalue weighted by Crippen LogP contribution is -2.13. The molecule has 0 amide bonds. The molecular formula is C16H20BrP. The third-order valence-electron chi connectivity index (χ3n) is 2.87. The molecule has 0 aromatic heterocycles. The van der Waals surface area contributed by atoms with E-state index in [4.69, 9.17) is 0 Å². The van der Waals surface area contributed by atoms with E-state index < -0.39 is 0 Å². The minimum atomic E-state index is -0.157. The highest BCUT2D eigenvalue weighted by Gasteiger charge is 2.11. The Labute approximate surface area is 122 Å². The first-order valence-corrected chi connectivity index (χ1v) is 7.82. The van der Waals surface area contributed by atoms with E-state index >= 15 is 0 Å². The van der Waals surface area contributed by atoms with Gasteiger partial charge >= 0.3 is 0 Å². The van der Waals surface area contributed by atoms with Crippen LogP contribution in [0.2, 0.25) is 0 Å². The number of hydrogen-bond acceptors (Lipinski definition) is 0. The lowest BCUT2D eigenvalue weighted by Gasteiger charge is -2.18. The highest BCUT2D eigenvalue weighted by atomic mass is 79.9. The summed E-state index contributed by atoms with van der Waals surface area (Å²) in [6, 6.07) is 21.9. The van der Waals surface area contributed by atoms with Gasteiger partial charge in [0.2, 0.25) is 0 Å². The van der Waals surface area contributed by atoms with E-state index in [1.165, 1.54) is 29.6 Å². The molecule has 0 bridgehead atoms. The van der Waals surface area contributed by atoms with Crippen molar-refractivity contribution >= 4 is 35.5 Å². The summed E-state index contributed by atoms with van der Waals surface area (Å²) in [7, 11) is -0.157. The van der Waals surface area contributed by atoms with Crippen LogP contribution in [-0.2, 0) is 0 Å². The van der Waals surface area contributed by atoms with Crippen molar-refractivity contribution in [1.29, 1.82) is 0 Å². The fraction of sp³-hybridized carbons (Fsp3) is 0.250. The molecule has 0 aliphatic heterocycles. The van der Waals surface area contributed by atoms with Gasteiger partial charge in [-0.05, 0) is 31.1 Å². The Morgan fingerprint density at radius 2 is 1.22 bits per heavy atom. The average Bonchev–Trinajstić information content (AvgIpc) is 2.42. The van der Waals surface area contributed by atoms with Crippen LogP contribution < -0.4 is 10.6 Å².